The topological polar surface area (TPSA) is 23.5 Å². The Hall–Kier alpha value is -1.02. The van der Waals surface area contributed by atoms with Crippen LogP contribution in [0.5, 0.6) is 0 Å². The lowest BCUT2D eigenvalue weighted by molar-refractivity contribution is 0.185. The van der Waals surface area contributed by atoms with E-state index in [0.29, 0.717) is 0 Å². The number of hydrogen-bond donors (Lipinski definition) is 1. The van der Waals surface area contributed by atoms with Gasteiger partial charge in [0, 0.05) is 19.3 Å². The highest BCUT2D eigenvalue weighted by Crippen LogP contribution is 2.26. The summed E-state index contributed by atoms with van der Waals surface area (Å²) in [5, 5.41) is 9.33. The Kier molecular flexibility index (Phi) is 4.06. The number of aliphatic hydroxyl groups is 1. The van der Waals surface area contributed by atoms with Gasteiger partial charge in [-0.25, -0.2) is 0 Å². The normalized spacial score (nSPS) is 17.5. The van der Waals surface area contributed by atoms with E-state index in [0.717, 1.165) is 12.8 Å². The minimum atomic E-state index is -0.198. The quantitative estimate of drug-likeness (QED) is 0.867. The van der Waals surface area contributed by atoms with Crippen molar-refractivity contribution in [3.05, 3.63) is 29.3 Å². The number of hydrogen-bond acceptors (Lipinski definition) is 2. The van der Waals surface area contributed by atoms with Gasteiger partial charge in [-0.2, -0.15) is 0 Å². The number of benzene rings is 1. The van der Waals surface area contributed by atoms with Crippen LogP contribution in [0.4, 0.5) is 5.69 Å². The molecule has 0 bridgehead atoms. The summed E-state index contributed by atoms with van der Waals surface area (Å²) in [6, 6.07) is 6.79. The van der Waals surface area contributed by atoms with Crippen molar-refractivity contribution in [3.8, 4) is 0 Å². The lowest BCUT2D eigenvalue weighted by Gasteiger charge is -2.20. The van der Waals surface area contributed by atoms with Gasteiger partial charge in [-0.15, -0.1) is 0 Å². The molecule has 0 aromatic heterocycles. The third-order valence-corrected chi connectivity index (χ3v) is 3.60. The summed E-state index contributed by atoms with van der Waals surface area (Å²) in [6.45, 7) is 3.03. The van der Waals surface area contributed by atoms with Gasteiger partial charge in [-0.05, 0) is 56.2 Å². The predicted octanol–water partition coefficient (Wildman–Crippen LogP) is 2.77. The van der Waals surface area contributed by atoms with Crippen LogP contribution in [0.2, 0.25) is 0 Å². The zero-order valence-corrected chi connectivity index (χ0v) is 10.9. The van der Waals surface area contributed by atoms with E-state index in [9.17, 15) is 5.11 Å². The Morgan fingerprint density at radius 3 is 2.94 bits per heavy atom. The van der Waals surface area contributed by atoms with Gasteiger partial charge >= 0.3 is 0 Å². The van der Waals surface area contributed by atoms with Gasteiger partial charge in [0.15, 0.2) is 0 Å². The van der Waals surface area contributed by atoms with Crippen LogP contribution in [-0.2, 0) is 12.8 Å². The molecule has 1 aromatic rings. The fraction of sp³-hybridized carbons (Fsp3) is 0.600. The van der Waals surface area contributed by atoms with Crippen LogP contribution < -0.4 is 4.90 Å². The fourth-order valence-corrected chi connectivity index (χ4v) is 2.53. The molecule has 0 amide bonds. The molecule has 1 aliphatic heterocycles. The van der Waals surface area contributed by atoms with Gasteiger partial charge in [0.1, 0.15) is 0 Å². The molecule has 1 N–H and O–H groups in total. The Morgan fingerprint density at radius 2 is 2.18 bits per heavy atom. The highest BCUT2D eigenvalue weighted by Gasteiger charge is 2.12. The zero-order valence-electron chi connectivity index (χ0n) is 10.9. The van der Waals surface area contributed by atoms with Gasteiger partial charge < -0.3 is 10.0 Å². The summed E-state index contributed by atoms with van der Waals surface area (Å²) in [4.78, 5) is 2.36. The van der Waals surface area contributed by atoms with Crippen LogP contribution >= 0.6 is 0 Å². The molecule has 1 unspecified atom stereocenters. The smallest absolute Gasteiger partial charge is 0.0515 e. The van der Waals surface area contributed by atoms with Crippen LogP contribution in [0.15, 0.2) is 18.2 Å². The Labute approximate surface area is 104 Å². The van der Waals surface area contributed by atoms with E-state index in [1.54, 1.807) is 0 Å². The standard InChI is InChI=1S/C15H23NO/c1-12(17)6-7-13-8-9-15-14(11-13)5-3-4-10-16(15)2/h8-9,11-12,17H,3-7,10H2,1-2H3. The van der Waals surface area contributed by atoms with Crippen molar-refractivity contribution in [2.45, 2.75) is 45.1 Å². The molecule has 1 aliphatic rings. The van der Waals surface area contributed by atoms with Crippen molar-refractivity contribution >= 4 is 5.69 Å². The zero-order chi connectivity index (χ0) is 12.3. The third-order valence-electron chi connectivity index (χ3n) is 3.60. The van der Waals surface area contributed by atoms with Crippen molar-refractivity contribution in [2.75, 3.05) is 18.5 Å². The highest BCUT2D eigenvalue weighted by molar-refractivity contribution is 5.55. The summed E-state index contributed by atoms with van der Waals surface area (Å²) in [5.41, 5.74) is 4.23. The molecule has 1 heterocycles. The maximum Gasteiger partial charge on any atom is 0.0515 e. The van der Waals surface area contributed by atoms with Gasteiger partial charge in [0.25, 0.3) is 0 Å². The van der Waals surface area contributed by atoms with E-state index < -0.39 is 0 Å². The summed E-state index contributed by atoms with van der Waals surface area (Å²) >= 11 is 0. The second kappa shape index (κ2) is 5.54. The minimum absolute atomic E-state index is 0.198. The average Bonchev–Trinajstić information content (AvgIpc) is 2.49. The molecular weight excluding hydrogens is 210 g/mol. The molecule has 94 valence electrons. The number of anilines is 1. The molecule has 2 nitrogen and oxygen atoms in total. The van der Waals surface area contributed by atoms with Crippen molar-refractivity contribution in [2.24, 2.45) is 0 Å². The highest BCUT2D eigenvalue weighted by atomic mass is 16.3. The molecule has 0 spiro atoms. The lowest BCUT2D eigenvalue weighted by Crippen LogP contribution is -2.17. The molecule has 2 heteroatoms. The SMILES string of the molecule is CC(O)CCc1ccc2c(c1)CCCCN2C. The first-order valence-corrected chi connectivity index (χ1v) is 6.68. The van der Waals surface area contributed by atoms with Crippen LogP contribution in [0, 0.1) is 0 Å². The Bertz CT molecular complexity index is 373. The van der Waals surface area contributed by atoms with Crippen LogP contribution in [0.3, 0.4) is 0 Å². The van der Waals surface area contributed by atoms with Crippen molar-refractivity contribution in [1.82, 2.24) is 0 Å². The number of aliphatic hydroxyl groups excluding tert-OH is 1. The van der Waals surface area contributed by atoms with Crippen LogP contribution in [0.25, 0.3) is 0 Å². The Balaban J connectivity index is 2.15. The molecule has 0 saturated carbocycles. The van der Waals surface area contributed by atoms with E-state index in [2.05, 4.69) is 30.1 Å². The van der Waals surface area contributed by atoms with E-state index in [-0.39, 0.29) is 6.10 Å². The molecular formula is C15H23NO. The molecule has 1 atom stereocenters. The molecule has 0 saturated heterocycles. The molecule has 0 aliphatic carbocycles. The van der Waals surface area contributed by atoms with Gasteiger partial charge in [0.05, 0.1) is 6.10 Å². The van der Waals surface area contributed by atoms with Gasteiger partial charge in [-0.1, -0.05) is 12.1 Å². The van der Waals surface area contributed by atoms with Gasteiger partial charge in [0.2, 0.25) is 0 Å². The van der Waals surface area contributed by atoms with Crippen LogP contribution in [0.1, 0.15) is 37.3 Å². The van der Waals surface area contributed by atoms with E-state index in [1.165, 1.54) is 42.6 Å². The maximum absolute atomic E-state index is 9.33. The van der Waals surface area contributed by atoms with Crippen molar-refractivity contribution in [3.63, 3.8) is 0 Å². The lowest BCUT2D eigenvalue weighted by atomic mass is 10.0. The molecule has 0 radical (unpaired) electrons. The number of aryl methyl sites for hydroxylation is 2. The molecule has 2 rings (SSSR count). The largest absolute Gasteiger partial charge is 0.393 e. The Morgan fingerprint density at radius 1 is 1.35 bits per heavy atom. The number of fused-ring (bicyclic) bond motifs is 1. The predicted molar refractivity (Wildman–Crippen MR) is 72.7 cm³/mol. The second-order valence-corrected chi connectivity index (χ2v) is 5.23. The van der Waals surface area contributed by atoms with E-state index >= 15 is 0 Å². The van der Waals surface area contributed by atoms with E-state index in [1.807, 2.05) is 6.92 Å². The summed E-state index contributed by atoms with van der Waals surface area (Å²) in [6.07, 6.45) is 5.41. The first-order chi connectivity index (χ1) is 8.16. The fourth-order valence-electron chi connectivity index (χ4n) is 2.53. The van der Waals surface area contributed by atoms with Gasteiger partial charge in [-0.3, -0.25) is 0 Å². The van der Waals surface area contributed by atoms with Crippen LogP contribution in [-0.4, -0.2) is 24.8 Å². The molecule has 0 fully saturated rings. The number of nitrogens with zero attached hydrogens (tertiary/aromatic N) is 1. The average molecular weight is 233 g/mol. The third kappa shape index (κ3) is 3.22. The minimum Gasteiger partial charge on any atom is -0.393 e. The number of rotatable bonds is 3. The maximum atomic E-state index is 9.33. The molecule has 1 aromatic carbocycles. The second-order valence-electron chi connectivity index (χ2n) is 5.23. The van der Waals surface area contributed by atoms with E-state index in [4.69, 9.17) is 0 Å². The first kappa shape index (κ1) is 12.4. The first-order valence-electron chi connectivity index (χ1n) is 6.68. The van der Waals surface area contributed by atoms with Crippen molar-refractivity contribution < 1.29 is 5.11 Å². The molecule has 17 heavy (non-hydrogen) atoms. The van der Waals surface area contributed by atoms with Crippen molar-refractivity contribution in [1.29, 1.82) is 0 Å². The monoisotopic (exact) mass is 233 g/mol. The summed E-state index contributed by atoms with van der Waals surface area (Å²) < 4.78 is 0. The summed E-state index contributed by atoms with van der Waals surface area (Å²) in [7, 11) is 2.18. The summed E-state index contributed by atoms with van der Waals surface area (Å²) in [5.74, 6) is 0.